The standard InChI is InChI=1S/C8H7F2NO3S/c9-5-1-2-6(7(10)3-5)8(12)11-4-15(13)14/h1-3,15H,4H2,(H,11,12). The van der Waals surface area contributed by atoms with Gasteiger partial charge in [-0.2, -0.15) is 0 Å². The molecule has 0 unspecified atom stereocenters. The molecular formula is C8H7F2NO3S. The Morgan fingerprint density at radius 1 is 1.33 bits per heavy atom. The van der Waals surface area contributed by atoms with Gasteiger partial charge in [0.25, 0.3) is 5.91 Å². The maximum Gasteiger partial charge on any atom is 0.255 e. The van der Waals surface area contributed by atoms with Gasteiger partial charge >= 0.3 is 0 Å². The summed E-state index contributed by atoms with van der Waals surface area (Å²) in [4.78, 5) is 11.1. The van der Waals surface area contributed by atoms with Gasteiger partial charge in [0.05, 0.1) is 5.56 Å². The minimum atomic E-state index is -2.77. The summed E-state index contributed by atoms with van der Waals surface area (Å²) in [6.07, 6.45) is 0. The molecule has 0 spiro atoms. The first-order valence-corrected chi connectivity index (χ1v) is 5.22. The molecule has 0 atom stereocenters. The van der Waals surface area contributed by atoms with E-state index in [2.05, 4.69) is 0 Å². The lowest BCUT2D eigenvalue weighted by molar-refractivity contribution is 0.0956. The molecule has 1 amide bonds. The van der Waals surface area contributed by atoms with E-state index in [1.54, 1.807) is 0 Å². The third-order valence-corrected chi connectivity index (χ3v) is 1.96. The molecule has 0 aliphatic rings. The second-order valence-electron chi connectivity index (χ2n) is 2.62. The normalized spacial score (nSPS) is 10.3. The summed E-state index contributed by atoms with van der Waals surface area (Å²) >= 11 is 0. The van der Waals surface area contributed by atoms with Crippen LogP contribution in [0, 0.1) is 11.6 Å². The van der Waals surface area contributed by atoms with Crippen molar-refractivity contribution in [2.24, 2.45) is 0 Å². The highest BCUT2D eigenvalue weighted by atomic mass is 32.2. The van der Waals surface area contributed by atoms with Crippen LogP contribution >= 0.6 is 0 Å². The van der Waals surface area contributed by atoms with Crippen LogP contribution in [-0.4, -0.2) is 20.2 Å². The van der Waals surface area contributed by atoms with Gasteiger partial charge < -0.3 is 5.32 Å². The molecule has 1 aromatic rings. The number of thiol groups is 1. The van der Waals surface area contributed by atoms with Gasteiger partial charge in [-0.25, -0.2) is 17.2 Å². The summed E-state index contributed by atoms with van der Waals surface area (Å²) in [5, 5.41) is 1.96. The number of nitrogens with one attached hydrogen (secondary N) is 1. The lowest BCUT2D eigenvalue weighted by Crippen LogP contribution is -2.26. The molecule has 0 radical (unpaired) electrons. The first-order valence-electron chi connectivity index (χ1n) is 3.86. The molecule has 0 aliphatic heterocycles. The number of carbonyl (C=O) groups is 1. The van der Waals surface area contributed by atoms with E-state index in [-0.39, 0.29) is 0 Å². The zero-order valence-electron chi connectivity index (χ0n) is 7.37. The van der Waals surface area contributed by atoms with Gasteiger partial charge in [-0.15, -0.1) is 0 Å². The molecular weight excluding hydrogens is 228 g/mol. The summed E-state index contributed by atoms with van der Waals surface area (Å²) in [5.74, 6) is -3.32. The Balaban J connectivity index is 2.82. The van der Waals surface area contributed by atoms with Crippen LogP contribution in [0.5, 0.6) is 0 Å². The molecule has 1 rings (SSSR count). The summed E-state index contributed by atoms with van der Waals surface area (Å²) in [6, 6.07) is 2.40. The Hall–Kier alpha value is -1.50. The predicted octanol–water partition coefficient (Wildman–Crippen LogP) is 0.264. The number of halogens is 2. The van der Waals surface area contributed by atoms with Crippen LogP contribution in [0.2, 0.25) is 0 Å². The average molecular weight is 235 g/mol. The fourth-order valence-corrected chi connectivity index (χ4v) is 1.18. The number of rotatable bonds is 3. The Labute approximate surface area is 85.9 Å². The Morgan fingerprint density at radius 3 is 2.53 bits per heavy atom. The van der Waals surface area contributed by atoms with Gasteiger partial charge in [-0.3, -0.25) is 4.79 Å². The first kappa shape index (κ1) is 11.6. The van der Waals surface area contributed by atoms with Crippen LogP contribution < -0.4 is 5.32 Å². The molecule has 7 heteroatoms. The summed E-state index contributed by atoms with van der Waals surface area (Å²) < 4.78 is 45.7. The van der Waals surface area contributed by atoms with Crippen molar-refractivity contribution in [3.05, 3.63) is 35.4 Å². The van der Waals surface area contributed by atoms with E-state index in [0.29, 0.717) is 6.07 Å². The number of amides is 1. The van der Waals surface area contributed by atoms with Crippen molar-refractivity contribution in [1.29, 1.82) is 0 Å². The highest BCUT2D eigenvalue weighted by Crippen LogP contribution is 2.08. The maximum absolute atomic E-state index is 13.0. The molecule has 0 saturated heterocycles. The van der Waals surface area contributed by atoms with Crippen molar-refractivity contribution in [3.8, 4) is 0 Å². The number of carbonyl (C=O) groups excluding carboxylic acids is 1. The van der Waals surface area contributed by atoms with Crippen LogP contribution in [0.1, 0.15) is 10.4 Å². The van der Waals surface area contributed by atoms with E-state index in [0.717, 1.165) is 12.1 Å². The van der Waals surface area contributed by atoms with Crippen molar-refractivity contribution in [3.63, 3.8) is 0 Å². The highest BCUT2D eigenvalue weighted by Gasteiger charge is 2.11. The second kappa shape index (κ2) is 4.83. The van der Waals surface area contributed by atoms with Crippen LogP contribution in [0.3, 0.4) is 0 Å². The van der Waals surface area contributed by atoms with Gasteiger partial charge in [0.15, 0.2) is 10.7 Å². The Bertz CT molecular complexity index is 451. The zero-order chi connectivity index (χ0) is 11.4. The van der Waals surface area contributed by atoms with Crippen LogP contribution in [0.4, 0.5) is 8.78 Å². The van der Waals surface area contributed by atoms with E-state index < -0.39 is 39.7 Å². The molecule has 82 valence electrons. The molecule has 0 aromatic heterocycles. The van der Waals surface area contributed by atoms with Gasteiger partial charge in [0.1, 0.15) is 17.5 Å². The molecule has 4 nitrogen and oxygen atoms in total. The molecule has 0 saturated carbocycles. The molecule has 15 heavy (non-hydrogen) atoms. The van der Waals surface area contributed by atoms with Gasteiger partial charge in [-0.1, -0.05) is 0 Å². The Kier molecular flexibility index (Phi) is 3.73. The number of hydrogen-bond donors (Lipinski definition) is 2. The largest absolute Gasteiger partial charge is 0.338 e. The molecule has 1 aromatic carbocycles. The molecule has 0 bridgehead atoms. The van der Waals surface area contributed by atoms with Crippen LogP contribution in [0.25, 0.3) is 0 Å². The SMILES string of the molecule is O=C(NC[SH](=O)=O)c1ccc(F)cc1F. The third-order valence-electron chi connectivity index (χ3n) is 1.54. The van der Waals surface area contributed by atoms with Crippen molar-refractivity contribution in [2.45, 2.75) is 0 Å². The lowest BCUT2D eigenvalue weighted by atomic mass is 10.2. The van der Waals surface area contributed by atoms with E-state index >= 15 is 0 Å². The topological polar surface area (TPSA) is 63.2 Å². The summed E-state index contributed by atoms with van der Waals surface area (Å²) in [7, 11) is -2.77. The highest BCUT2D eigenvalue weighted by molar-refractivity contribution is 7.72. The monoisotopic (exact) mass is 235 g/mol. The molecule has 1 N–H and O–H groups in total. The van der Waals surface area contributed by atoms with Crippen molar-refractivity contribution < 1.29 is 22.0 Å². The lowest BCUT2D eigenvalue weighted by Gasteiger charge is -2.02. The third kappa shape index (κ3) is 3.28. The smallest absolute Gasteiger partial charge is 0.255 e. The minimum absolute atomic E-state index is 0.395. The minimum Gasteiger partial charge on any atom is -0.338 e. The predicted molar refractivity (Wildman–Crippen MR) is 49.0 cm³/mol. The van der Waals surface area contributed by atoms with Gasteiger partial charge in [-0.05, 0) is 12.1 Å². The summed E-state index contributed by atoms with van der Waals surface area (Å²) in [6.45, 7) is 0. The molecule has 0 heterocycles. The summed E-state index contributed by atoms with van der Waals surface area (Å²) in [5.41, 5.74) is -0.395. The van der Waals surface area contributed by atoms with Crippen LogP contribution in [0.15, 0.2) is 18.2 Å². The number of benzene rings is 1. The Morgan fingerprint density at radius 2 is 2.00 bits per heavy atom. The average Bonchev–Trinajstić information content (AvgIpc) is 2.14. The van der Waals surface area contributed by atoms with Crippen LogP contribution in [-0.2, 0) is 10.7 Å². The quantitative estimate of drug-likeness (QED) is 0.739. The zero-order valence-corrected chi connectivity index (χ0v) is 8.26. The van der Waals surface area contributed by atoms with Crippen molar-refractivity contribution >= 4 is 16.6 Å². The van der Waals surface area contributed by atoms with E-state index in [4.69, 9.17) is 0 Å². The first-order chi connectivity index (χ1) is 7.00. The van der Waals surface area contributed by atoms with Crippen molar-refractivity contribution in [2.75, 3.05) is 5.88 Å². The van der Waals surface area contributed by atoms with Gasteiger partial charge in [0, 0.05) is 6.07 Å². The number of hydrogen-bond acceptors (Lipinski definition) is 3. The van der Waals surface area contributed by atoms with Gasteiger partial charge in [0.2, 0.25) is 0 Å². The fraction of sp³-hybridized carbons (Fsp3) is 0.125. The van der Waals surface area contributed by atoms with E-state index in [9.17, 15) is 22.0 Å². The maximum atomic E-state index is 13.0. The van der Waals surface area contributed by atoms with E-state index in [1.807, 2.05) is 5.32 Å². The van der Waals surface area contributed by atoms with Crippen molar-refractivity contribution in [1.82, 2.24) is 5.32 Å². The second-order valence-corrected chi connectivity index (χ2v) is 3.60. The van der Waals surface area contributed by atoms with E-state index in [1.165, 1.54) is 0 Å². The molecule has 0 aliphatic carbocycles. The fourth-order valence-electron chi connectivity index (χ4n) is 0.905. The molecule has 0 fully saturated rings.